The van der Waals surface area contributed by atoms with E-state index >= 15 is 0 Å². The Morgan fingerprint density at radius 3 is 2.62 bits per heavy atom. The molecule has 1 aromatic heterocycles. The summed E-state index contributed by atoms with van der Waals surface area (Å²) >= 11 is 0. The third-order valence-electron chi connectivity index (χ3n) is 5.67. The second-order valence-corrected chi connectivity index (χ2v) is 7.49. The Balaban J connectivity index is 1.78. The monoisotopic (exact) mass is 398 g/mol. The zero-order chi connectivity index (χ0) is 21.0. The van der Waals surface area contributed by atoms with Gasteiger partial charge in [0.25, 0.3) is 5.91 Å². The predicted octanol–water partition coefficient (Wildman–Crippen LogP) is 3.81. The number of nitriles is 1. The van der Waals surface area contributed by atoms with Crippen LogP contribution in [0.2, 0.25) is 0 Å². The van der Waals surface area contributed by atoms with E-state index in [1.165, 1.54) is 18.9 Å². The third kappa shape index (κ3) is 3.99. The molecule has 2 aromatic rings. The van der Waals surface area contributed by atoms with Gasteiger partial charge in [0, 0.05) is 25.1 Å². The smallest absolute Gasteiger partial charge is 0.375 e. The van der Waals surface area contributed by atoms with Crippen LogP contribution in [0.25, 0.3) is 11.0 Å². The Labute approximate surface area is 170 Å². The zero-order valence-electron chi connectivity index (χ0n) is 17.1. The first-order chi connectivity index (χ1) is 13.9. The van der Waals surface area contributed by atoms with Crippen LogP contribution in [0.15, 0.2) is 28.7 Å². The van der Waals surface area contributed by atoms with Crippen LogP contribution in [0.5, 0.6) is 0 Å². The van der Waals surface area contributed by atoms with E-state index in [2.05, 4.69) is 6.07 Å². The molecule has 1 aliphatic rings. The van der Waals surface area contributed by atoms with Crippen LogP contribution in [-0.4, -0.2) is 42.6 Å². The Morgan fingerprint density at radius 1 is 1.28 bits per heavy atom. The van der Waals surface area contributed by atoms with E-state index in [4.69, 9.17) is 13.9 Å². The minimum Gasteiger partial charge on any atom is -0.449 e. The van der Waals surface area contributed by atoms with Gasteiger partial charge in [0.1, 0.15) is 11.1 Å². The number of hydrogen-bond acceptors (Lipinski definition) is 6. The molecule has 1 heterocycles. The molecule has 1 atom stereocenters. The fourth-order valence-corrected chi connectivity index (χ4v) is 3.96. The van der Waals surface area contributed by atoms with Crippen molar-refractivity contribution in [1.82, 2.24) is 4.90 Å². The molecule has 0 spiro atoms. The van der Waals surface area contributed by atoms with Gasteiger partial charge in [0.15, 0.2) is 6.10 Å². The standard InChI is InChI=1S/C22H26N2O5/c1-15(20(25)24(2)22(14-23)11-7-4-8-12-22)28-21(26)19-17(13-27-3)16-9-5-6-10-18(16)29-19/h5-6,9-10,15H,4,7-8,11-13H2,1-3H3/t15-/m0/s1. The van der Waals surface area contributed by atoms with Crippen molar-refractivity contribution in [2.75, 3.05) is 14.2 Å². The van der Waals surface area contributed by atoms with Crippen LogP contribution >= 0.6 is 0 Å². The molecule has 0 saturated heterocycles. The number of esters is 1. The SMILES string of the molecule is COCc1c(C(=O)O[C@@H](C)C(=O)N(C)C2(C#N)CCCCC2)oc2ccccc12. The van der Waals surface area contributed by atoms with Crippen LogP contribution in [-0.2, 0) is 20.9 Å². The molecule has 7 nitrogen and oxygen atoms in total. The fourth-order valence-electron chi connectivity index (χ4n) is 3.96. The van der Waals surface area contributed by atoms with Crippen LogP contribution in [0.4, 0.5) is 0 Å². The van der Waals surface area contributed by atoms with Gasteiger partial charge < -0.3 is 18.8 Å². The molecule has 154 valence electrons. The van der Waals surface area contributed by atoms with Crippen molar-refractivity contribution in [2.45, 2.75) is 57.3 Å². The van der Waals surface area contributed by atoms with E-state index in [9.17, 15) is 14.9 Å². The number of hydrogen-bond donors (Lipinski definition) is 0. The summed E-state index contributed by atoms with van der Waals surface area (Å²) in [4.78, 5) is 27.1. The quantitative estimate of drug-likeness (QED) is 0.687. The molecule has 1 aliphatic carbocycles. The highest BCUT2D eigenvalue weighted by molar-refractivity contribution is 5.97. The zero-order valence-corrected chi connectivity index (χ0v) is 17.1. The average Bonchev–Trinajstić information content (AvgIpc) is 3.12. The average molecular weight is 398 g/mol. The highest BCUT2D eigenvalue weighted by Crippen LogP contribution is 2.33. The topological polar surface area (TPSA) is 92.8 Å². The predicted molar refractivity (Wildman–Crippen MR) is 106 cm³/mol. The summed E-state index contributed by atoms with van der Waals surface area (Å²) in [5, 5.41) is 10.5. The summed E-state index contributed by atoms with van der Waals surface area (Å²) in [5.74, 6) is -1.09. The van der Waals surface area contributed by atoms with E-state index in [1.807, 2.05) is 18.2 Å². The number of methoxy groups -OCH3 is 1. The maximum absolute atomic E-state index is 12.9. The lowest BCUT2D eigenvalue weighted by atomic mass is 9.81. The molecule has 7 heteroatoms. The second kappa shape index (κ2) is 8.66. The van der Waals surface area contributed by atoms with E-state index < -0.39 is 23.5 Å². The highest BCUT2D eigenvalue weighted by Gasteiger charge is 2.41. The van der Waals surface area contributed by atoms with Crippen molar-refractivity contribution in [2.24, 2.45) is 0 Å². The minimum absolute atomic E-state index is 0.0306. The summed E-state index contributed by atoms with van der Waals surface area (Å²) < 4.78 is 16.3. The summed E-state index contributed by atoms with van der Waals surface area (Å²) in [7, 11) is 3.14. The van der Waals surface area contributed by atoms with Crippen molar-refractivity contribution in [1.29, 1.82) is 5.26 Å². The fraction of sp³-hybridized carbons (Fsp3) is 0.500. The summed E-state index contributed by atoms with van der Waals surface area (Å²) in [6.07, 6.45) is 3.09. The van der Waals surface area contributed by atoms with Crippen molar-refractivity contribution < 1.29 is 23.5 Å². The first kappa shape index (κ1) is 20.9. The van der Waals surface area contributed by atoms with E-state index in [0.717, 1.165) is 24.6 Å². The minimum atomic E-state index is -1.04. The molecule has 29 heavy (non-hydrogen) atoms. The summed E-state index contributed by atoms with van der Waals surface area (Å²) in [6.45, 7) is 1.70. The van der Waals surface area contributed by atoms with Gasteiger partial charge in [0.05, 0.1) is 12.7 Å². The lowest BCUT2D eigenvalue weighted by molar-refractivity contribution is -0.143. The number of carbonyl (C=O) groups is 2. The van der Waals surface area contributed by atoms with Crippen LogP contribution in [0, 0.1) is 11.3 Å². The Kier molecular flexibility index (Phi) is 6.23. The highest BCUT2D eigenvalue weighted by atomic mass is 16.6. The molecule has 0 N–H and O–H groups in total. The summed E-state index contributed by atoms with van der Waals surface area (Å²) in [5.41, 5.74) is 0.298. The number of para-hydroxylation sites is 1. The van der Waals surface area contributed by atoms with Gasteiger partial charge in [-0.1, -0.05) is 37.5 Å². The van der Waals surface area contributed by atoms with E-state index in [0.29, 0.717) is 24.0 Å². The lowest BCUT2D eigenvalue weighted by Crippen LogP contribution is -2.53. The molecule has 0 radical (unpaired) electrons. The normalized spacial score (nSPS) is 16.8. The largest absolute Gasteiger partial charge is 0.449 e. The van der Waals surface area contributed by atoms with Gasteiger partial charge in [-0.15, -0.1) is 0 Å². The number of fused-ring (bicyclic) bond motifs is 1. The number of furan rings is 1. The van der Waals surface area contributed by atoms with Crippen molar-refractivity contribution >= 4 is 22.8 Å². The van der Waals surface area contributed by atoms with Crippen molar-refractivity contribution in [3.05, 3.63) is 35.6 Å². The molecule has 0 unspecified atom stereocenters. The number of ether oxygens (including phenoxy) is 2. The van der Waals surface area contributed by atoms with Gasteiger partial charge in [-0.3, -0.25) is 4.79 Å². The third-order valence-corrected chi connectivity index (χ3v) is 5.67. The van der Waals surface area contributed by atoms with Gasteiger partial charge in [0.2, 0.25) is 5.76 Å². The van der Waals surface area contributed by atoms with Crippen molar-refractivity contribution in [3.63, 3.8) is 0 Å². The maximum atomic E-state index is 12.9. The molecule has 1 saturated carbocycles. The van der Waals surface area contributed by atoms with Gasteiger partial charge >= 0.3 is 5.97 Å². The first-order valence-corrected chi connectivity index (χ1v) is 9.83. The number of likely N-dealkylation sites (N-methyl/N-ethyl adjacent to an activating group) is 1. The molecule has 3 rings (SSSR count). The molecule has 1 fully saturated rings. The number of amides is 1. The first-order valence-electron chi connectivity index (χ1n) is 9.83. The summed E-state index contributed by atoms with van der Waals surface area (Å²) in [6, 6.07) is 9.56. The van der Waals surface area contributed by atoms with E-state index in [1.54, 1.807) is 13.1 Å². The number of carbonyl (C=O) groups excluding carboxylic acids is 2. The lowest BCUT2D eigenvalue weighted by Gasteiger charge is -2.39. The molecular formula is C22H26N2O5. The number of nitrogens with zero attached hydrogens (tertiary/aromatic N) is 2. The van der Waals surface area contributed by atoms with Gasteiger partial charge in [-0.05, 0) is 25.8 Å². The Bertz CT molecular complexity index is 936. The van der Waals surface area contributed by atoms with Gasteiger partial charge in [-0.2, -0.15) is 5.26 Å². The Morgan fingerprint density at radius 2 is 1.97 bits per heavy atom. The molecular weight excluding hydrogens is 372 g/mol. The van der Waals surface area contributed by atoms with Crippen LogP contribution in [0.1, 0.15) is 55.1 Å². The molecule has 1 amide bonds. The number of benzene rings is 1. The maximum Gasteiger partial charge on any atom is 0.375 e. The van der Waals surface area contributed by atoms with E-state index in [-0.39, 0.29) is 12.4 Å². The Hall–Kier alpha value is -2.85. The van der Waals surface area contributed by atoms with Crippen molar-refractivity contribution in [3.8, 4) is 6.07 Å². The molecule has 0 aliphatic heterocycles. The molecule has 1 aromatic carbocycles. The van der Waals surface area contributed by atoms with Crippen LogP contribution in [0.3, 0.4) is 0 Å². The molecule has 0 bridgehead atoms. The van der Waals surface area contributed by atoms with Gasteiger partial charge in [-0.25, -0.2) is 4.79 Å². The van der Waals surface area contributed by atoms with Crippen LogP contribution < -0.4 is 0 Å². The second-order valence-electron chi connectivity index (χ2n) is 7.49. The number of rotatable bonds is 6.